The van der Waals surface area contributed by atoms with Crippen LogP contribution in [-0.4, -0.2) is 23.2 Å². The van der Waals surface area contributed by atoms with Gasteiger partial charge in [0.1, 0.15) is 10.3 Å². The maximum atomic E-state index is 12.4. The summed E-state index contributed by atoms with van der Waals surface area (Å²) in [6.45, 7) is 0. The molecule has 7 heteroatoms. The van der Waals surface area contributed by atoms with Gasteiger partial charge >= 0.3 is 0 Å². The topological polar surface area (TPSA) is 85.1 Å². The molecule has 3 N–H and O–H groups in total. The first kappa shape index (κ1) is 16.9. The number of hydrogen-bond acceptors (Lipinski definition) is 4. The largest absolute Gasteiger partial charge is 0.327 e. The molecule has 24 heavy (non-hydrogen) atoms. The summed E-state index contributed by atoms with van der Waals surface area (Å²) in [6, 6.07) is 6.58. The van der Waals surface area contributed by atoms with Crippen LogP contribution in [0, 0.1) is 0 Å². The van der Waals surface area contributed by atoms with Crippen molar-refractivity contribution in [1.82, 2.24) is 4.98 Å². The Balaban J connectivity index is 1.92. The van der Waals surface area contributed by atoms with Crippen molar-refractivity contribution in [2.75, 3.05) is 5.32 Å². The molecule has 0 unspecified atom stereocenters. The van der Waals surface area contributed by atoms with Crippen LogP contribution in [0.5, 0.6) is 0 Å². The summed E-state index contributed by atoms with van der Waals surface area (Å²) in [6.07, 6.45) is 3.06. The normalized spacial score (nSPS) is 16.4. The van der Waals surface area contributed by atoms with Gasteiger partial charge in [-0.1, -0.05) is 29.3 Å². The number of aromatic nitrogens is 1. The molecule has 3 rings (SSSR count). The molecule has 1 heterocycles. The standard InChI is InChI=1S/C17H15Cl2N3O2/c18-15-6-10(7-16(19)22-15)17(24)21-14-4-1-9-5-11(20)2-3-12(9)13(14)8-23/h1,4,6-8,11H,2-3,5,20H2,(H,21,24)/t11-/m0/s1. The van der Waals surface area contributed by atoms with E-state index < -0.39 is 5.91 Å². The summed E-state index contributed by atoms with van der Waals surface area (Å²) in [4.78, 5) is 27.8. The lowest BCUT2D eigenvalue weighted by molar-refractivity contribution is 0.102. The van der Waals surface area contributed by atoms with Crippen molar-refractivity contribution in [3.63, 3.8) is 0 Å². The fourth-order valence-electron chi connectivity index (χ4n) is 2.94. The molecule has 1 amide bonds. The average Bonchev–Trinajstić information content (AvgIpc) is 2.53. The molecule has 124 valence electrons. The summed E-state index contributed by atoms with van der Waals surface area (Å²) in [5, 5.41) is 3.00. The number of benzene rings is 1. The molecule has 1 aromatic heterocycles. The second kappa shape index (κ2) is 6.89. The highest BCUT2D eigenvalue weighted by Gasteiger charge is 2.21. The van der Waals surface area contributed by atoms with Gasteiger partial charge in [0.25, 0.3) is 5.91 Å². The van der Waals surface area contributed by atoms with Crippen LogP contribution in [0.2, 0.25) is 10.3 Å². The molecule has 0 fully saturated rings. The molecule has 2 aromatic rings. The average molecular weight is 364 g/mol. The lowest BCUT2D eigenvalue weighted by Crippen LogP contribution is -2.28. The highest BCUT2D eigenvalue weighted by Crippen LogP contribution is 2.29. The number of amides is 1. The molecular weight excluding hydrogens is 349 g/mol. The predicted octanol–water partition coefficient (Wildman–Crippen LogP) is 3.27. The Hall–Kier alpha value is -1.95. The lowest BCUT2D eigenvalue weighted by atomic mass is 9.85. The van der Waals surface area contributed by atoms with Gasteiger partial charge < -0.3 is 11.1 Å². The van der Waals surface area contributed by atoms with E-state index in [1.165, 1.54) is 12.1 Å². The third kappa shape index (κ3) is 3.43. The number of carbonyl (C=O) groups excluding carboxylic acids is 2. The third-order valence-corrected chi connectivity index (χ3v) is 4.48. The number of nitrogens with one attached hydrogen (secondary N) is 1. The number of hydrogen-bond donors (Lipinski definition) is 2. The summed E-state index contributed by atoms with van der Waals surface area (Å²) in [7, 11) is 0. The Morgan fingerprint density at radius 1 is 1.29 bits per heavy atom. The van der Waals surface area contributed by atoms with Crippen LogP contribution in [0.25, 0.3) is 0 Å². The molecular formula is C17H15Cl2N3O2. The number of carbonyl (C=O) groups is 2. The van der Waals surface area contributed by atoms with Crippen LogP contribution < -0.4 is 11.1 Å². The molecule has 1 atom stereocenters. The van der Waals surface area contributed by atoms with Crippen molar-refractivity contribution < 1.29 is 9.59 Å². The minimum atomic E-state index is -0.406. The highest BCUT2D eigenvalue weighted by molar-refractivity contribution is 6.33. The Bertz CT molecular complexity index is 803. The van der Waals surface area contributed by atoms with E-state index >= 15 is 0 Å². The first-order chi connectivity index (χ1) is 11.5. The minimum absolute atomic E-state index is 0.110. The molecule has 0 saturated heterocycles. The molecule has 1 aliphatic carbocycles. The van der Waals surface area contributed by atoms with E-state index in [-0.39, 0.29) is 21.9 Å². The second-order valence-electron chi connectivity index (χ2n) is 5.74. The zero-order valence-corrected chi connectivity index (χ0v) is 14.2. The number of fused-ring (bicyclic) bond motifs is 1. The number of pyridine rings is 1. The van der Waals surface area contributed by atoms with Gasteiger partial charge in [-0.15, -0.1) is 0 Å². The number of rotatable bonds is 3. The zero-order chi connectivity index (χ0) is 17.3. The van der Waals surface area contributed by atoms with Gasteiger partial charge in [0.2, 0.25) is 0 Å². The quantitative estimate of drug-likeness (QED) is 0.647. The highest BCUT2D eigenvalue weighted by atomic mass is 35.5. The fourth-order valence-corrected chi connectivity index (χ4v) is 3.41. The van der Waals surface area contributed by atoms with E-state index in [1.807, 2.05) is 6.07 Å². The van der Waals surface area contributed by atoms with E-state index in [2.05, 4.69) is 10.3 Å². The monoisotopic (exact) mass is 363 g/mol. The van der Waals surface area contributed by atoms with E-state index in [0.29, 0.717) is 11.3 Å². The molecule has 0 saturated carbocycles. The Labute approximate surface area is 149 Å². The smallest absolute Gasteiger partial charge is 0.255 e. The number of aldehydes is 1. The first-order valence-electron chi connectivity index (χ1n) is 7.48. The zero-order valence-electron chi connectivity index (χ0n) is 12.7. The maximum Gasteiger partial charge on any atom is 0.255 e. The Morgan fingerprint density at radius 2 is 2.00 bits per heavy atom. The summed E-state index contributed by atoms with van der Waals surface area (Å²) < 4.78 is 0. The van der Waals surface area contributed by atoms with E-state index in [9.17, 15) is 9.59 Å². The van der Waals surface area contributed by atoms with Crippen LogP contribution in [-0.2, 0) is 12.8 Å². The molecule has 0 aliphatic heterocycles. The van der Waals surface area contributed by atoms with Crippen molar-refractivity contribution >= 4 is 41.1 Å². The van der Waals surface area contributed by atoms with Crippen LogP contribution >= 0.6 is 23.2 Å². The van der Waals surface area contributed by atoms with Gasteiger partial charge in [0.15, 0.2) is 6.29 Å². The molecule has 0 spiro atoms. The fraction of sp³-hybridized carbons (Fsp3) is 0.235. The van der Waals surface area contributed by atoms with Gasteiger partial charge in [0.05, 0.1) is 5.69 Å². The van der Waals surface area contributed by atoms with Crippen molar-refractivity contribution in [1.29, 1.82) is 0 Å². The second-order valence-corrected chi connectivity index (χ2v) is 6.52. The van der Waals surface area contributed by atoms with Gasteiger partial charge in [-0.05, 0) is 48.6 Å². The van der Waals surface area contributed by atoms with Crippen LogP contribution in [0.4, 0.5) is 5.69 Å². The summed E-state index contributed by atoms with van der Waals surface area (Å²) in [5.74, 6) is -0.406. The first-order valence-corrected chi connectivity index (χ1v) is 8.23. The predicted molar refractivity (Wildman–Crippen MR) is 94.0 cm³/mol. The Kier molecular flexibility index (Phi) is 4.85. The number of anilines is 1. The van der Waals surface area contributed by atoms with E-state index in [4.69, 9.17) is 28.9 Å². The van der Waals surface area contributed by atoms with E-state index in [0.717, 1.165) is 36.7 Å². The van der Waals surface area contributed by atoms with Crippen molar-refractivity contribution in [3.8, 4) is 0 Å². The molecule has 1 aromatic carbocycles. The van der Waals surface area contributed by atoms with Gasteiger partial charge in [-0.3, -0.25) is 9.59 Å². The Morgan fingerprint density at radius 3 is 2.67 bits per heavy atom. The van der Waals surface area contributed by atoms with Crippen LogP contribution in [0.3, 0.4) is 0 Å². The molecule has 0 radical (unpaired) electrons. The SMILES string of the molecule is N[C@H]1CCc2c(ccc(NC(=O)c3cc(Cl)nc(Cl)c3)c2C=O)C1. The van der Waals surface area contributed by atoms with Gasteiger partial charge in [-0.2, -0.15) is 0 Å². The number of nitrogens with two attached hydrogens (primary N) is 1. The molecule has 1 aliphatic rings. The molecule has 5 nitrogen and oxygen atoms in total. The third-order valence-electron chi connectivity index (χ3n) is 4.09. The number of halogens is 2. The minimum Gasteiger partial charge on any atom is -0.327 e. The van der Waals surface area contributed by atoms with Gasteiger partial charge in [0, 0.05) is 17.2 Å². The number of nitrogens with zero attached hydrogens (tertiary/aromatic N) is 1. The van der Waals surface area contributed by atoms with Crippen molar-refractivity contribution in [3.05, 3.63) is 56.8 Å². The van der Waals surface area contributed by atoms with Crippen molar-refractivity contribution in [2.24, 2.45) is 5.73 Å². The summed E-state index contributed by atoms with van der Waals surface area (Å²) in [5.41, 5.74) is 9.23. The summed E-state index contributed by atoms with van der Waals surface area (Å²) >= 11 is 11.6. The van der Waals surface area contributed by atoms with Crippen molar-refractivity contribution in [2.45, 2.75) is 25.3 Å². The molecule has 0 bridgehead atoms. The van der Waals surface area contributed by atoms with E-state index in [1.54, 1.807) is 6.07 Å². The lowest BCUT2D eigenvalue weighted by Gasteiger charge is -2.24. The van der Waals surface area contributed by atoms with Crippen LogP contribution in [0.15, 0.2) is 24.3 Å². The van der Waals surface area contributed by atoms with Crippen LogP contribution in [0.1, 0.15) is 38.3 Å². The maximum absolute atomic E-state index is 12.4. The van der Waals surface area contributed by atoms with Gasteiger partial charge in [-0.25, -0.2) is 4.98 Å².